The number of rotatable bonds is 16. The Balaban J connectivity index is 1.59. The molecular formula is C51H85NO18. The van der Waals surface area contributed by atoms with Gasteiger partial charge in [-0.1, -0.05) is 52.3 Å². The summed E-state index contributed by atoms with van der Waals surface area (Å²) in [4.78, 5) is 54.4. The van der Waals surface area contributed by atoms with E-state index in [1.807, 2.05) is 26.8 Å². The number of hydrogen-bond donors (Lipinski definition) is 4. The van der Waals surface area contributed by atoms with E-state index < -0.39 is 146 Å². The number of aldehydes is 1. The molecule has 3 fully saturated rings. The maximum absolute atomic E-state index is 13.8. The molecule has 0 aliphatic carbocycles. The van der Waals surface area contributed by atoms with E-state index in [0.717, 1.165) is 6.29 Å². The number of methoxy groups -OCH3 is 2. The van der Waals surface area contributed by atoms with E-state index in [-0.39, 0.29) is 44.0 Å². The van der Waals surface area contributed by atoms with Crippen LogP contribution in [-0.2, 0) is 66.5 Å². The minimum atomic E-state index is -1.51. The molecule has 19 heteroatoms. The predicted octanol–water partition coefficient (Wildman–Crippen LogP) is 3.43. The van der Waals surface area contributed by atoms with Crippen LogP contribution in [-0.4, -0.2) is 188 Å². The lowest BCUT2D eigenvalue weighted by atomic mass is 9.79. The summed E-state index contributed by atoms with van der Waals surface area (Å²) in [6.07, 6.45) is -8.43. The fraction of sp³-hybridized carbons (Fsp3) is 0.843. The molecule has 4 rings (SSSR count). The van der Waals surface area contributed by atoms with Gasteiger partial charge in [-0.05, 0) is 79.5 Å². The zero-order valence-corrected chi connectivity index (χ0v) is 43.8. The lowest BCUT2D eigenvalue weighted by molar-refractivity contribution is -0.342. The third-order valence-corrected chi connectivity index (χ3v) is 14.2. The van der Waals surface area contributed by atoms with Crippen molar-refractivity contribution in [1.82, 2.24) is 4.90 Å². The van der Waals surface area contributed by atoms with E-state index in [1.54, 1.807) is 73.5 Å². The number of carbonyl (C=O) groups is 4. The Kier molecular flexibility index (Phi) is 23.0. The molecule has 0 amide bonds. The molecule has 0 unspecified atom stereocenters. The first-order chi connectivity index (χ1) is 32.9. The summed E-state index contributed by atoms with van der Waals surface area (Å²) in [5, 5.41) is 46.2. The largest absolute Gasteiger partial charge is 0.462 e. The number of carbonyl (C=O) groups excluding carboxylic acids is 4. The van der Waals surface area contributed by atoms with Crippen LogP contribution in [0.15, 0.2) is 23.8 Å². The van der Waals surface area contributed by atoms with Gasteiger partial charge in [0.05, 0.1) is 49.6 Å². The number of esters is 2. The van der Waals surface area contributed by atoms with Crippen molar-refractivity contribution in [2.45, 2.75) is 212 Å². The van der Waals surface area contributed by atoms with Crippen molar-refractivity contribution in [1.29, 1.82) is 0 Å². The Morgan fingerprint density at radius 1 is 0.900 bits per heavy atom. The number of cyclic esters (lactones) is 1. The molecule has 3 saturated heterocycles. The molecule has 0 saturated carbocycles. The van der Waals surface area contributed by atoms with Crippen LogP contribution in [0.3, 0.4) is 0 Å². The van der Waals surface area contributed by atoms with Gasteiger partial charge >= 0.3 is 11.9 Å². The molecule has 19 nitrogen and oxygen atoms in total. The highest BCUT2D eigenvalue weighted by Crippen LogP contribution is 2.38. The zero-order valence-electron chi connectivity index (χ0n) is 43.8. The summed E-state index contributed by atoms with van der Waals surface area (Å²) in [7, 11) is 6.43. The summed E-state index contributed by atoms with van der Waals surface area (Å²) in [5.74, 6) is -4.04. The van der Waals surface area contributed by atoms with E-state index in [2.05, 4.69) is 0 Å². The number of ketones is 1. The van der Waals surface area contributed by atoms with Crippen LogP contribution in [0.2, 0.25) is 0 Å². The van der Waals surface area contributed by atoms with E-state index in [1.165, 1.54) is 20.3 Å². The molecule has 0 spiro atoms. The number of allylic oxidation sites excluding steroid dienone is 3. The van der Waals surface area contributed by atoms with Gasteiger partial charge in [-0.25, -0.2) is 0 Å². The van der Waals surface area contributed by atoms with Crippen molar-refractivity contribution < 1.29 is 87.0 Å². The highest BCUT2D eigenvalue weighted by Gasteiger charge is 2.53. The van der Waals surface area contributed by atoms with Crippen molar-refractivity contribution in [2.24, 2.45) is 29.6 Å². The smallest absolute Gasteiger partial charge is 0.308 e. The maximum atomic E-state index is 13.8. The Labute approximate surface area is 414 Å². The summed E-state index contributed by atoms with van der Waals surface area (Å²) < 4.78 is 61.0. The second-order valence-corrected chi connectivity index (χ2v) is 20.8. The van der Waals surface area contributed by atoms with Gasteiger partial charge in [0.15, 0.2) is 30.8 Å². The van der Waals surface area contributed by atoms with Gasteiger partial charge in [0.1, 0.15) is 48.5 Å². The summed E-state index contributed by atoms with van der Waals surface area (Å²) in [5.41, 5.74) is -0.833. The Hall–Kier alpha value is -2.76. The van der Waals surface area contributed by atoms with Gasteiger partial charge < -0.3 is 77.5 Å². The molecule has 402 valence electrons. The second-order valence-electron chi connectivity index (χ2n) is 20.8. The standard InChI is InChI=1S/C51H85NO18/c1-15-37-34(25-63-50-47(62-14)46(61-13)42(58)30(7)65-50)21-27(4)16-17-35(54)28(5)22-33(18-19-53)44(29(6)36(55)23-39(57)67-37)70-49-43(59)41(52(11)12)45(31(8)66-49)69-40-24-51(10,60)48(32(9)64-40)68-38(56)20-26(2)3/h16-17,19,21,26,28-34,36-37,40-50,55,58-60H,15,18,20,22-25H2,1-14H3/b17-16+,27-21+/t28-,29+,30-,31-,32+,33+,34-,36-,37-,40+,41-,42-,43-,44-,45-,46-,47-,48+,49+,50-,51-/m1/s1. The van der Waals surface area contributed by atoms with E-state index in [0.29, 0.717) is 12.0 Å². The topological polar surface area (TPSA) is 245 Å². The maximum Gasteiger partial charge on any atom is 0.308 e. The molecule has 0 aromatic rings. The van der Waals surface area contributed by atoms with Gasteiger partial charge in [0.2, 0.25) is 0 Å². The van der Waals surface area contributed by atoms with E-state index >= 15 is 0 Å². The van der Waals surface area contributed by atoms with Crippen LogP contribution < -0.4 is 0 Å². The summed E-state index contributed by atoms with van der Waals surface area (Å²) >= 11 is 0. The minimum Gasteiger partial charge on any atom is -0.462 e. The lowest BCUT2D eigenvalue weighted by Crippen LogP contribution is -2.65. The molecule has 0 aromatic heterocycles. The molecule has 0 aromatic carbocycles. The molecule has 70 heavy (non-hydrogen) atoms. The second kappa shape index (κ2) is 27.0. The molecule has 21 atom stereocenters. The van der Waals surface area contributed by atoms with Crippen LogP contribution in [0.1, 0.15) is 108 Å². The first-order valence-electron chi connectivity index (χ1n) is 25.0. The van der Waals surface area contributed by atoms with Gasteiger partial charge in [0.25, 0.3) is 0 Å². The third kappa shape index (κ3) is 15.6. The number of nitrogens with zero attached hydrogens (tertiary/aromatic N) is 1. The van der Waals surface area contributed by atoms with E-state index in [9.17, 15) is 39.6 Å². The first kappa shape index (κ1) is 59.8. The number of ether oxygens (including phenoxy) is 10. The van der Waals surface area contributed by atoms with Crippen molar-refractivity contribution in [3.8, 4) is 0 Å². The molecular weight excluding hydrogens is 915 g/mol. The Bertz CT molecular complexity index is 1740. The van der Waals surface area contributed by atoms with Crippen molar-refractivity contribution >= 4 is 24.0 Å². The average molecular weight is 1000 g/mol. The highest BCUT2D eigenvalue weighted by molar-refractivity contribution is 5.91. The molecule has 4 heterocycles. The van der Waals surface area contributed by atoms with Crippen molar-refractivity contribution in [3.05, 3.63) is 23.8 Å². The van der Waals surface area contributed by atoms with Crippen LogP contribution in [0.4, 0.5) is 0 Å². The molecule has 0 radical (unpaired) electrons. The van der Waals surface area contributed by atoms with Crippen LogP contribution >= 0.6 is 0 Å². The quantitative estimate of drug-likeness (QED) is 0.128. The number of likely N-dealkylation sites (N-methyl/N-ethyl adjacent to an activating group) is 1. The van der Waals surface area contributed by atoms with Gasteiger partial charge in [-0.3, -0.25) is 14.4 Å². The Morgan fingerprint density at radius 3 is 2.14 bits per heavy atom. The van der Waals surface area contributed by atoms with Crippen LogP contribution in [0, 0.1) is 29.6 Å². The highest BCUT2D eigenvalue weighted by atomic mass is 16.7. The van der Waals surface area contributed by atoms with Gasteiger partial charge in [-0.15, -0.1) is 0 Å². The zero-order chi connectivity index (χ0) is 52.4. The average Bonchev–Trinajstić information content (AvgIpc) is 3.27. The normalized spacial score (nSPS) is 43.0. The van der Waals surface area contributed by atoms with Crippen LogP contribution in [0.25, 0.3) is 0 Å². The fourth-order valence-electron chi connectivity index (χ4n) is 10.2. The summed E-state index contributed by atoms with van der Waals surface area (Å²) in [6, 6.07) is -0.781. The predicted molar refractivity (Wildman–Crippen MR) is 254 cm³/mol. The third-order valence-electron chi connectivity index (χ3n) is 14.2. The number of aliphatic hydroxyl groups is 4. The fourth-order valence-corrected chi connectivity index (χ4v) is 10.2. The summed E-state index contributed by atoms with van der Waals surface area (Å²) in [6.45, 7) is 17.5. The first-order valence-corrected chi connectivity index (χ1v) is 25.0. The lowest BCUT2D eigenvalue weighted by Gasteiger charge is -2.50. The number of hydrogen-bond acceptors (Lipinski definition) is 19. The van der Waals surface area contributed by atoms with Gasteiger partial charge in [-0.2, -0.15) is 0 Å². The molecule has 4 aliphatic heterocycles. The SMILES string of the molecule is CC[C@H]1OC(=O)C[C@@H](O)[C@H](C)[C@@H](O[C@@H]2O[C@H](C)[C@@H](O[C@H]3C[C@@](C)(O)[C@@H](OC(=O)CC(C)C)[C@H](C)O3)[C@H](N(C)C)[C@H]2O)[C@@H](CC=O)C[C@@H](C)C(=O)/C=C/C(C)=C/[C@@H]1CO[C@@H]1O[C@H](C)[C@@H](O)[C@@H](OC)[C@H]1OC. The molecule has 4 aliphatic rings. The van der Waals surface area contributed by atoms with E-state index in [4.69, 9.17) is 47.4 Å². The van der Waals surface area contributed by atoms with Gasteiger partial charge in [0, 0.05) is 51.2 Å². The van der Waals surface area contributed by atoms with Crippen LogP contribution in [0.5, 0.6) is 0 Å². The van der Waals surface area contributed by atoms with Crippen molar-refractivity contribution in [3.63, 3.8) is 0 Å². The molecule has 4 N–H and O–H groups in total. The molecule has 0 bridgehead atoms. The Morgan fingerprint density at radius 2 is 1.56 bits per heavy atom. The minimum absolute atomic E-state index is 0.0148. The monoisotopic (exact) mass is 1000 g/mol. The number of aliphatic hydroxyl groups excluding tert-OH is 3. The van der Waals surface area contributed by atoms with Crippen molar-refractivity contribution in [2.75, 3.05) is 34.9 Å².